The molecule has 1 aliphatic heterocycles. The first-order chi connectivity index (χ1) is 8.00. The molecule has 1 aliphatic rings. The Labute approximate surface area is 101 Å². The van der Waals surface area contributed by atoms with E-state index in [0.717, 1.165) is 12.8 Å². The van der Waals surface area contributed by atoms with Gasteiger partial charge in [0.05, 0.1) is 6.10 Å². The molecule has 0 N–H and O–H groups in total. The Morgan fingerprint density at radius 2 is 2.24 bits per heavy atom. The molecule has 17 heavy (non-hydrogen) atoms. The Kier molecular flexibility index (Phi) is 5.15. The van der Waals surface area contributed by atoms with Crippen molar-refractivity contribution in [3.63, 3.8) is 0 Å². The summed E-state index contributed by atoms with van der Waals surface area (Å²) < 4.78 is 15.1. The van der Waals surface area contributed by atoms with E-state index >= 15 is 0 Å². The van der Waals surface area contributed by atoms with Crippen LogP contribution in [0.3, 0.4) is 0 Å². The fourth-order valence-corrected chi connectivity index (χ4v) is 1.38. The van der Waals surface area contributed by atoms with Gasteiger partial charge in [0.15, 0.2) is 6.10 Å². The molecule has 5 nitrogen and oxygen atoms in total. The predicted octanol–water partition coefficient (Wildman–Crippen LogP) is 1.22. The molecule has 0 bridgehead atoms. The molecular weight excluding hydrogens is 224 g/mol. The summed E-state index contributed by atoms with van der Waals surface area (Å²) in [6.45, 7) is 7.35. The van der Waals surface area contributed by atoms with Crippen molar-refractivity contribution < 1.29 is 23.8 Å². The van der Waals surface area contributed by atoms with Gasteiger partial charge in [0.25, 0.3) is 0 Å². The summed E-state index contributed by atoms with van der Waals surface area (Å²) in [5.74, 6) is -1.15. The second kappa shape index (κ2) is 6.39. The zero-order valence-electron chi connectivity index (χ0n) is 10.2. The fourth-order valence-electron chi connectivity index (χ4n) is 1.38. The highest BCUT2D eigenvalue weighted by atomic mass is 16.6. The van der Waals surface area contributed by atoms with Crippen LogP contribution in [0.5, 0.6) is 0 Å². The first-order valence-corrected chi connectivity index (χ1v) is 5.65. The zero-order valence-corrected chi connectivity index (χ0v) is 10.2. The maximum Gasteiger partial charge on any atom is 0.347 e. The van der Waals surface area contributed by atoms with Crippen LogP contribution in [-0.4, -0.2) is 37.4 Å². The third kappa shape index (κ3) is 4.56. The number of rotatable bonds is 5. The molecule has 1 rings (SSSR count). The Morgan fingerprint density at radius 3 is 2.76 bits per heavy atom. The lowest BCUT2D eigenvalue weighted by atomic mass is 10.2. The van der Waals surface area contributed by atoms with Gasteiger partial charge in [0, 0.05) is 12.2 Å². The lowest BCUT2D eigenvalue weighted by Crippen LogP contribution is -2.29. The van der Waals surface area contributed by atoms with Crippen molar-refractivity contribution in [1.29, 1.82) is 0 Å². The summed E-state index contributed by atoms with van der Waals surface area (Å²) in [5, 5.41) is 0. The highest BCUT2D eigenvalue weighted by Crippen LogP contribution is 2.12. The minimum absolute atomic E-state index is 0.0250. The number of carbonyl (C=O) groups is 2. The lowest BCUT2D eigenvalue weighted by molar-refractivity contribution is -0.166. The van der Waals surface area contributed by atoms with Gasteiger partial charge in [0.2, 0.25) is 0 Å². The van der Waals surface area contributed by atoms with Gasteiger partial charge in [-0.15, -0.1) is 0 Å². The molecule has 0 aromatic heterocycles. The van der Waals surface area contributed by atoms with Crippen molar-refractivity contribution in [3.8, 4) is 0 Å². The normalized spacial score (nSPS) is 20.7. The third-order valence-electron chi connectivity index (χ3n) is 2.40. The Balaban J connectivity index is 2.26. The van der Waals surface area contributed by atoms with Crippen LogP contribution in [0.25, 0.3) is 0 Å². The zero-order chi connectivity index (χ0) is 12.8. The van der Waals surface area contributed by atoms with Gasteiger partial charge in [-0.2, -0.15) is 0 Å². The van der Waals surface area contributed by atoms with Crippen LogP contribution < -0.4 is 0 Å². The van der Waals surface area contributed by atoms with Crippen LogP contribution in [0.1, 0.15) is 26.7 Å². The molecule has 1 heterocycles. The molecule has 0 saturated carbocycles. The van der Waals surface area contributed by atoms with Gasteiger partial charge < -0.3 is 14.2 Å². The van der Waals surface area contributed by atoms with Crippen LogP contribution in [0, 0.1) is 0 Å². The maximum atomic E-state index is 11.5. The molecule has 0 radical (unpaired) electrons. The highest BCUT2D eigenvalue weighted by molar-refractivity contribution is 5.89. The summed E-state index contributed by atoms with van der Waals surface area (Å²) in [6, 6.07) is 0. The van der Waals surface area contributed by atoms with E-state index in [0.29, 0.717) is 6.61 Å². The predicted molar refractivity (Wildman–Crippen MR) is 60.3 cm³/mol. The van der Waals surface area contributed by atoms with E-state index < -0.39 is 18.0 Å². The van der Waals surface area contributed by atoms with Crippen LogP contribution in [0.15, 0.2) is 12.2 Å². The van der Waals surface area contributed by atoms with E-state index in [1.807, 2.05) is 0 Å². The second-order valence-electron chi connectivity index (χ2n) is 4.09. The van der Waals surface area contributed by atoms with Gasteiger partial charge in [0.1, 0.15) is 6.61 Å². The minimum Gasteiger partial charge on any atom is -0.460 e. The van der Waals surface area contributed by atoms with Crippen molar-refractivity contribution >= 4 is 11.9 Å². The molecule has 2 unspecified atom stereocenters. The molecule has 5 heteroatoms. The molecule has 0 aliphatic carbocycles. The molecular formula is C12H18O5. The first kappa shape index (κ1) is 13.7. The van der Waals surface area contributed by atoms with Gasteiger partial charge >= 0.3 is 11.9 Å². The Bertz CT molecular complexity index is 304. The number of carbonyl (C=O) groups excluding carboxylic acids is 2. The monoisotopic (exact) mass is 242 g/mol. The summed E-state index contributed by atoms with van der Waals surface area (Å²) >= 11 is 0. The average molecular weight is 242 g/mol. The van der Waals surface area contributed by atoms with Gasteiger partial charge in [-0.25, -0.2) is 9.59 Å². The van der Waals surface area contributed by atoms with Crippen LogP contribution in [-0.2, 0) is 23.8 Å². The van der Waals surface area contributed by atoms with Crippen molar-refractivity contribution in [2.24, 2.45) is 0 Å². The van der Waals surface area contributed by atoms with E-state index in [9.17, 15) is 9.59 Å². The number of esters is 2. The largest absolute Gasteiger partial charge is 0.460 e. The highest BCUT2D eigenvalue weighted by Gasteiger charge is 2.22. The molecule has 1 fully saturated rings. The van der Waals surface area contributed by atoms with E-state index in [1.165, 1.54) is 13.8 Å². The molecule has 0 aromatic carbocycles. The van der Waals surface area contributed by atoms with Crippen LogP contribution >= 0.6 is 0 Å². The molecule has 0 spiro atoms. The molecule has 0 aromatic rings. The Hall–Kier alpha value is -1.36. The van der Waals surface area contributed by atoms with E-state index in [1.54, 1.807) is 0 Å². The smallest absolute Gasteiger partial charge is 0.347 e. The lowest BCUT2D eigenvalue weighted by Gasteiger charge is -2.14. The van der Waals surface area contributed by atoms with Gasteiger partial charge in [-0.1, -0.05) is 6.58 Å². The van der Waals surface area contributed by atoms with Gasteiger partial charge in [-0.3, -0.25) is 0 Å². The molecule has 0 amide bonds. The minimum atomic E-state index is -0.916. The molecule has 1 saturated heterocycles. The number of ether oxygens (including phenoxy) is 3. The Morgan fingerprint density at radius 1 is 1.53 bits per heavy atom. The summed E-state index contributed by atoms with van der Waals surface area (Å²) in [4.78, 5) is 22.6. The average Bonchev–Trinajstić information content (AvgIpc) is 2.78. The standard InChI is InChI=1S/C12H18O5/c1-8(2)11(13)17-9(3)12(14)16-7-10-5-4-6-15-10/h9-10H,1,4-7H2,2-3H3. The van der Waals surface area contributed by atoms with Crippen molar-refractivity contribution in [2.75, 3.05) is 13.2 Å². The number of hydrogen-bond acceptors (Lipinski definition) is 5. The SMILES string of the molecule is C=C(C)C(=O)OC(C)C(=O)OCC1CCCO1. The van der Waals surface area contributed by atoms with Crippen molar-refractivity contribution in [3.05, 3.63) is 12.2 Å². The first-order valence-electron chi connectivity index (χ1n) is 5.65. The summed E-state index contributed by atoms with van der Waals surface area (Å²) in [6.07, 6.45) is 0.943. The third-order valence-corrected chi connectivity index (χ3v) is 2.40. The maximum absolute atomic E-state index is 11.5. The van der Waals surface area contributed by atoms with Crippen LogP contribution in [0.2, 0.25) is 0 Å². The summed E-state index contributed by atoms with van der Waals surface area (Å²) in [5.41, 5.74) is 0.253. The summed E-state index contributed by atoms with van der Waals surface area (Å²) in [7, 11) is 0. The van der Waals surface area contributed by atoms with Crippen molar-refractivity contribution in [1.82, 2.24) is 0 Å². The molecule has 96 valence electrons. The number of hydrogen-bond donors (Lipinski definition) is 0. The van der Waals surface area contributed by atoms with E-state index in [2.05, 4.69) is 6.58 Å². The van der Waals surface area contributed by atoms with Crippen molar-refractivity contribution in [2.45, 2.75) is 38.9 Å². The van der Waals surface area contributed by atoms with E-state index in [-0.39, 0.29) is 18.3 Å². The second-order valence-corrected chi connectivity index (χ2v) is 4.09. The quantitative estimate of drug-likeness (QED) is 0.535. The van der Waals surface area contributed by atoms with E-state index in [4.69, 9.17) is 14.2 Å². The van der Waals surface area contributed by atoms with Gasteiger partial charge in [-0.05, 0) is 26.7 Å². The molecule has 2 atom stereocenters. The fraction of sp³-hybridized carbons (Fsp3) is 0.667. The topological polar surface area (TPSA) is 61.8 Å². The van der Waals surface area contributed by atoms with Crippen LogP contribution in [0.4, 0.5) is 0 Å².